The number of allylic oxidation sites excluding steroid dienone is 8. The number of aliphatic hydroxyl groups excluding tert-OH is 1. The summed E-state index contributed by atoms with van der Waals surface area (Å²) in [5, 5.41) is 10.1. The monoisotopic (exact) mass is 374 g/mol. The second-order valence-corrected chi connectivity index (χ2v) is 7.26. The maximum absolute atomic E-state index is 11.7. The van der Waals surface area contributed by atoms with Gasteiger partial charge < -0.3 is 14.6 Å². The number of aliphatic hydroxyl groups is 1. The Morgan fingerprint density at radius 1 is 1.11 bits per heavy atom. The molecule has 0 fully saturated rings. The summed E-state index contributed by atoms with van der Waals surface area (Å²) >= 11 is 0. The Hall–Kier alpha value is -2.56. The summed E-state index contributed by atoms with van der Waals surface area (Å²) in [5.74, 6) is -1.45. The van der Waals surface area contributed by atoms with E-state index in [1.165, 1.54) is 37.9 Å². The lowest BCUT2D eigenvalue weighted by Gasteiger charge is -2.32. The lowest BCUT2D eigenvalue weighted by Crippen LogP contribution is -2.19. The van der Waals surface area contributed by atoms with Crippen LogP contribution in [0.15, 0.2) is 58.4 Å². The number of methoxy groups -OCH3 is 2. The van der Waals surface area contributed by atoms with E-state index in [1.54, 1.807) is 25.2 Å². The molecule has 5 heteroatoms. The van der Waals surface area contributed by atoms with E-state index in [2.05, 4.69) is 30.2 Å². The Morgan fingerprint density at radius 2 is 1.70 bits per heavy atom. The maximum atomic E-state index is 11.7. The molecule has 27 heavy (non-hydrogen) atoms. The summed E-state index contributed by atoms with van der Waals surface area (Å²) in [6.07, 6.45) is 11.6. The first kappa shape index (κ1) is 22.5. The molecule has 0 atom stereocenters. The molecule has 1 aliphatic rings. The fraction of sp³-hybridized carbons (Fsp3) is 0.455. The Labute approximate surface area is 161 Å². The van der Waals surface area contributed by atoms with E-state index in [9.17, 15) is 14.7 Å². The van der Waals surface area contributed by atoms with Gasteiger partial charge in [-0.15, -0.1) is 0 Å². The van der Waals surface area contributed by atoms with Crippen molar-refractivity contribution in [2.75, 3.05) is 14.2 Å². The van der Waals surface area contributed by atoms with Crippen LogP contribution in [0.25, 0.3) is 0 Å². The van der Waals surface area contributed by atoms with Crippen molar-refractivity contribution in [1.29, 1.82) is 0 Å². The smallest absolute Gasteiger partial charge is 0.345 e. The van der Waals surface area contributed by atoms with Gasteiger partial charge in [0.05, 0.1) is 14.2 Å². The summed E-state index contributed by atoms with van der Waals surface area (Å²) in [6.45, 7) is 8.16. The lowest BCUT2D eigenvalue weighted by molar-refractivity contribution is -0.144. The van der Waals surface area contributed by atoms with Gasteiger partial charge in [0.25, 0.3) is 0 Å². The normalized spacial score (nSPS) is 17.3. The van der Waals surface area contributed by atoms with Crippen LogP contribution >= 0.6 is 0 Å². The summed E-state index contributed by atoms with van der Waals surface area (Å²) < 4.78 is 9.21. The van der Waals surface area contributed by atoms with Crippen molar-refractivity contribution in [2.24, 2.45) is 5.41 Å². The molecule has 0 aromatic rings. The number of hydrogen-bond donors (Lipinski definition) is 1. The average molecular weight is 374 g/mol. The maximum Gasteiger partial charge on any atom is 0.345 e. The highest BCUT2D eigenvalue weighted by atomic mass is 16.5. The Balaban J connectivity index is 2.99. The van der Waals surface area contributed by atoms with Gasteiger partial charge in [0.15, 0.2) is 0 Å². The molecule has 1 aliphatic carbocycles. The van der Waals surface area contributed by atoms with Crippen LogP contribution < -0.4 is 0 Å². The van der Waals surface area contributed by atoms with Gasteiger partial charge in [0, 0.05) is 0 Å². The number of esters is 2. The third-order valence-corrected chi connectivity index (χ3v) is 4.75. The molecule has 1 N–H and O–H groups in total. The van der Waals surface area contributed by atoms with Gasteiger partial charge in [0.2, 0.25) is 0 Å². The number of hydrogen-bond acceptors (Lipinski definition) is 5. The minimum absolute atomic E-state index is 0.0819. The molecule has 0 aliphatic heterocycles. The molecule has 0 aromatic heterocycles. The molecule has 0 saturated heterocycles. The van der Waals surface area contributed by atoms with E-state index >= 15 is 0 Å². The van der Waals surface area contributed by atoms with Crippen molar-refractivity contribution in [3.8, 4) is 0 Å². The zero-order chi connectivity index (χ0) is 20.6. The SMILES string of the molecule is COC(=O)C(C(=O)OC)=C(C)/C=C/C=C(O)/C=C/C1=C(C)CCCC1(C)C. The van der Waals surface area contributed by atoms with Gasteiger partial charge in [-0.1, -0.05) is 37.6 Å². The summed E-state index contributed by atoms with van der Waals surface area (Å²) in [6, 6.07) is 0. The Bertz CT molecular complexity index is 712. The molecule has 0 bridgehead atoms. The first-order chi connectivity index (χ1) is 12.6. The quantitative estimate of drug-likeness (QED) is 0.182. The highest BCUT2D eigenvalue weighted by Gasteiger charge is 2.26. The van der Waals surface area contributed by atoms with Crippen LogP contribution in [0.3, 0.4) is 0 Å². The summed E-state index contributed by atoms with van der Waals surface area (Å²) in [4.78, 5) is 23.4. The third-order valence-electron chi connectivity index (χ3n) is 4.75. The Morgan fingerprint density at radius 3 is 2.22 bits per heavy atom. The van der Waals surface area contributed by atoms with Crippen LogP contribution in [0.4, 0.5) is 0 Å². The standard InChI is InChI=1S/C22H30O5/c1-15-10-8-14-22(3,4)18(15)13-12-17(23)11-7-9-16(2)19(20(24)26-5)21(25)27-6/h7,9,11-13,23H,8,10,14H2,1-6H3/b9-7+,13-12+,17-11-. The highest BCUT2D eigenvalue weighted by Crippen LogP contribution is 2.40. The van der Waals surface area contributed by atoms with Crippen LogP contribution in [0, 0.1) is 5.41 Å². The molecular weight excluding hydrogens is 344 g/mol. The van der Waals surface area contributed by atoms with E-state index in [0.717, 1.165) is 12.8 Å². The molecule has 0 saturated carbocycles. The van der Waals surface area contributed by atoms with E-state index in [1.807, 2.05) is 6.08 Å². The molecule has 0 radical (unpaired) electrons. The molecular formula is C22H30O5. The van der Waals surface area contributed by atoms with E-state index in [0.29, 0.717) is 5.57 Å². The van der Waals surface area contributed by atoms with Crippen molar-refractivity contribution in [1.82, 2.24) is 0 Å². The first-order valence-electron chi connectivity index (χ1n) is 8.97. The number of ether oxygens (including phenoxy) is 2. The van der Waals surface area contributed by atoms with Crippen molar-refractivity contribution in [3.63, 3.8) is 0 Å². The van der Waals surface area contributed by atoms with Gasteiger partial charge in [0.1, 0.15) is 11.3 Å². The van der Waals surface area contributed by atoms with Gasteiger partial charge in [-0.2, -0.15) is 0 Å². The predicted octanol–water partition coefficient (Wildman–Crippen LogP) is 4.73. The van der Waals surface area contributed by atoms with Gasteiger partial charge in [-0.3, -0.25) is 0 Å². The van der Waals surface area contributed by atoms with Gasteiger partial charge >= 0.3 is 11.9 Å². The number of rotatable bonds is 6. The molecule has 0 heterocycles. The predicted molar refractivity (Wildman–Crippen MR) is 106 cm³/mol. The van der Waals surface area contributed by atoms with E-state index < -0.39 is 11.9 Å². The topological polar surface area (TPSA) is 72.8 Å². The van der Waals surface area contributed by atoms with Crippen LogP contribution in [0.2, 0.25) is 0 Å². The molecule has 0 spiro atoms. The molecule has 0 amide bonds. The van der Waals surface area contributed by atoms with Crippen molar-refractivity contribution >= 4 is 11.9 Å². The zero-order valence-corrected chi connectivity index (χ0v) is 17.1. The lowest BCUT2D eigenvalue weighted by atomic mass is 9.72. The first-order valence-corrected chi connectivity index (χ1v) is 8.97. The van der Waals surface area contributed by atoms with Crippen molar-refractivity contribution in [3.05, 3.63) is 58.4 Å². The van der Waals surface area contributed by atoms with Crippen molar-refractivity contribution in [2.45, 2.75) is 47.0 Å². The van der Waals surface area contributed by atoms with Crippen LogP contribution in [-0.4, -0.2) is 31.3 Å². The zero-order valence-electron chi connectivity index (χ0n) is 17.1. The second kappa shape index (κ2) is 9.95. The van der Waals surface area contributed by atoms with Crippen molar-refractivity contribution < 1.29 is 24.2 Å². The van der Waals surface area contributed by atoms with Crippen LogP contribution in [0.1, 0.15) is 47.0 Å². The molecule has 5 nitrogen and oxygen atoms in total. The summed E-state index contributed by atoms with van der Waals surface area (Å²) in [7, 11) is 2.39. The minimum atomic E-state index is -0.765. The van der Waals surface area contributed by atoms with Gasteiger partial charge in [-0.05, 0) is 61.8 Å². The Kier molecular flexibility index (Phi) is 8.29. The van der Waals surface area contributed by atoms with Gasteiger partial charge in [-0.25, -0.2) is 9.59 Å². The van der Waals surface area contributed by atoms with Crippen LogP contribution in [0.5, 0.6) is 0 Å². The summed E-state index contributed by atoms with van der Waals surface area (Å²) in [5.41, 5.74) is 2.92. The number of carbonyl (C=O) groups excluding carboxylic acids is 2. The fourth-order valence-electron chi connectivity index (χ4n) is 3.22. The highest BCUT2D eigenvalue weighted by molar-refractivity contribution is 6.15. The second-order valence-electron chi connectivity index (χ2n) is 7.26. The third kappa shape index (κ3) is 6.27. The fourth-order valence-corrected chi connectivity index (χ4v) is 3.22. The molecule has 1 rings (SSSR count). The van der Waals surface area contributed by atoms with E-state index in [-0.39, 0.29) is 16.7 Å². The number of carbonyl (C=O) groups is 2. The average Bonchev–Trinajstić information content (AvgIpc) is 2.60. The molecule has 0 unspecified atom stereocenters. The molecule has 148 valence electrons. The van der Waals surface area contributed by atoms with E-state index in [4.69, 9.17) is 0 Å². The largest absolute Gasteiger partial charge is 0.508 e. The molecule has 0 aromatic carbocycles. The minimum Gasteiger partial charge on any atom is -0.508 e. The van der Waals surface area contributed by atoms with Crippen LogP contribution in [-0.2, 0) is 19.1 Å².